The van der Waals surface area contributed by atoms with Crippen LogP contribution in [0.1, 0.15) is 52.0 Å². The van der Waals surface area contributed by atoms with Gasteiger partial charge in [-0.15, -0.1) is 0 Å². The van der Waals surface area contributed by atoms with Crippen molar-refractivity contribution in [1.82, 2.24) is 14.9 Å². The van der Waals surface area contributed by atoms with Gasteiger partial charge in [-0.3, -0.25) is 9.59 Å². The molecule has 2 aromatic heterocycles. The number of primary amides is 1. The van der Waals surface area contributed by atoms with E-state index < -0.39 is 5.91 Å². The van der Waals surface area contributed by atoms with Crippen LogP contribution in [0.5, 0.6) is 0 Å². The summed E-state index contributed by atoms with van der Waals surface area (Å²) in [6, 6.07) is 4.82. The summed E-state index contributed by atoms with van der Waals surface area (Å²) in [5.41, 5.74) is 8.61. The van der Waals surface area contributed by atoms with Gasteiger partial charge in [-0.05, 0) is 44.2 Å². The molecular weight excluding hydrogens is 406 g/mol. The van der Waals surface area contributed by atoms with Crippen LogP contribution in [0.3, 0.4) is 0 Å². The number of piperidine rings is 1. The standard InChI is InChI=1S/C23H29N7O2/c1-29(2)23(32)13-3-6-19(26-11-13)30-15-4-5-16(30)10-14(9-15)28-20-17-7-8-25-22(17)27-12-18(20)21(24)31/h3,6,11-12,14-16H,4-5,7-10H2,1-2H3,(H2,24,31)(H2,25,27,28)/t14?,15-,16+. The van der Waals surface area contributed by atoms with Gasteiger partial charge in [-0.1, -0.05) is 0 Å². The second-order valence-corrected chi connectivity index (χ2v) is 9.12. The van der Waals surface area contributed by atoms with Gasteiger partial charge in [0.05, 0.1) is 16.8 Å². The third-order valence-corrected chi connectivity index (χ3v) is 6.86. The Bertz CT molecular complexity index is 1040. The van der Waals surface area contributed by atoms with E-state index in [0.717, 1.165) is 61.5 Å². The number of hydrogen-bond donors (Lipinski definition) is 3. The number of hydrogen-bond acceptors (Lipinski definition) is 7. The summed E-state index contributed by atoms with van der Waals surface area (Å²) in [5.74, 6) is 1.28. The summed E-state index contributed by atoms with van der Waals surface area (Å²) in [4.78, 5) is 37.2. The van der Waals surface area contributed by atoms with Crippen molar-refractivity contribution < 1.29 is 9.59 Å². The van der Waals surface area contributed by atoms with Crippen LogP contribution in [0, 0.1) is 0 Å². The molecule has 0 aliphatic carbocycles. The Morgan fingerprint density at radius 3 is 2.53 bits per heavy atom. The van der Waals surface area contributed by atoms with Crippen LogP contribution < -0.4 is 21.3 Å². The summed E-state index contributed by atoms with van der Waals surface area (Å²) < 4.78 is 0. The van der Waals surface area contributed by atoms with Crippen molar-refractivity contribution in [3.05, 3.63) is 41.2 Å². The van der Waals surface area contributed by atoms with Crippen molar-refractivity contribution in [2.24, 2.45) is 5.73 Å². The van der Waals surface area contributed by atoms with Gasteiger partial charge in [0.15, 0.2) is 0 Å². The SMILES string of the molecule is CN(C)C(=O)c1ccc(N2[C@@H]3CC[C@H]2CC(Nc2c(C(N)=O)cnc4c2CCN4)C3)nc1. The Morgan fingerprint density at radius 1 is 1.16 bits per heavy atom. The Balaban J connectivity index is 1.34. The fourth-order valence-electron chi connectivity index (χ4n) is 5.40. The topological polar surface area (TPSA) is 116 Å². The van der Waals surface area contributed by atoms with Gasteiger partial charge in [-0.2, -0.15) is 0 Å². The van der Waals surface area contributed by atoms with Gasteiger partial charge < -0.3 is 26.2 Å². The number of pyridine rings is 2. The quantitative estimate of drug-likeness (QED) is 0.656. The van der Waals surface area contributed by atoms with Crippen molar-refractivity contribution in [2.75, 3.05) is 36.2 Å². The summed E-state index contributed by atoms with van der Waals surface area (Å²) in [6.07, 6.45) is 8.22. The minimum absolute atomic E-state index is 0.0421. The van der Waals surface area contributed by atoms with E-state index in [0.29, 0.717) is 23.2 Å². The second-order valence-electron chi connectivity index (χ2n) is 9.12. The van der Waals surface area contributed by atoms with Crippen molar-refractivity contribution in [3.63, 3.8) is 0 Å². The van der Waals surface area contributed by atoms with E-state index in [2.05, 4.69) is 25.5 Å². The average Bonchev–Trinajstić information content (AvgIpc) is 3.36. The van der Waals surface area contributed by atoms with Crippen LogP contribution in [-0.4, -0.2) is 65.4 Å². The molecule has 9 heteroatoms. The van der Waals surface area contributed by atoms with E-state index in [1.54, 1.807) is 31.4 Å². The van der Waals surface area contributed by atoms with Gasteiger partial charge in [0.2, 0.25) is 0 Å². The molecule has 4 N–H and O–H groups in total. The van der Waals surface area contributed by atoms with Crippen molar-refractivity contribution in [2.45, 2.75) is 50.2 Å². The Kier molecular flexibility index (Phi) is 5.11. The third-order valence-electron chi connectivity index (χ3n) is 6.86. The minimum Gasteiger partial charge on any atom is -0.381 e. The van der Waals surface area contributed by atoms with Gasteiger partial charge in [0.1, 0.15) is 11.6 Å². The largest absolute Gasteiger partial charge is 0.381 e. The van der Waals surface area contributed by atoms with E-state index in [4.69, 9.17) is 5.73 Å². The average molecular weight is 436 g/mol. The molecule has 2 amide bonds. The number of nitrogens with two attached hydrogens (primary N) is 1. The second kappa shape index (κ2) is 7.96. The van der Waals surface area contributed by atoms with Crippen LogP contribution in [-0.2, 0) is 6.42 Å². The predicted molar refractivity (Wildman–Crippen MR) is 123 cm³/mol. The minimum atomic E-state index is -0.452. The molecule has 0 spiro atoms. The molecule has 9 nitrogen and oxygen atoms in total. The molecule has 32 heavy (non-hydrogen) atoms. The molecule has 0 radical (unpaired) electrons. The first kappa shape index (κ1) is 20.5. The van der Waals surface area contributed by atoms with Gasteiger partial charge in [-0.25, -0.2) is 9.97 Å². The first-order valence-corrected chi connectivity index (χ1v) is 11.2. The number of amides is 2. The number of carbonyl (C=O) groups is 2. The fraction of sp³-hybridized carbons (Fsp3) is 0.478. The number of fused-ring (bicyclic) bond motifs is 3. The van der Waals surface area contributed by atoms with E-state index in [9.17, 15) is 9.59 Å². The highest BCUT2D eigenvalue weighted by Gasteiger charge is 2.42. The van der Waals surface area contributed by atoms with E-state index in [1.165, 1.54) is 0 Å². The lowest BCUT2D eigenvalue weighted by Gasteiger charge is -2.40. The molecule has 168 valence electrons. The zero-order valence-electron chi connectivity index (χ0n) is 18.5. The first-order valence-electron chi connectivity index (χ1n) is 11.2. The molecule has 2 bridgehead atoms. The summed E-state index contributed by atoms with van der Waals surface area (Å²) >= 11 is 0. The molecule has 3 atom stereocenters. The zero-order chi connectivity index (χ0) is 22.4. The smallest absolute Gasteiger partial charge is 0.254 e. The molecule has 1 unspecified atom stereocenters. The normalized spacial score (nSPS) is 23.4. The predicted octanol–water partition coefficient (Wildman–Crippen LogP) is 1.86. The molecule has 3 aliphatic rings. The van der Waals surface area contributed by atoms with E-state index in [-0.39, 0.29) is 11.9 Å². The Hall–Kier alpha value is -3.36. The highest BCUT2D eigenvalue weighted by molar-refractivity contribution is 6.00. The maximum atomic E-state index is 12.2. The van der Waals surface area contributed by atoms with Gasteiger partial charge >= 0.3 is 0 Å². The zero-order valence-corrected chi connectivity index (χ0v) is 18.5. The number of aromatic nitrogens is 2. The number of nitrogens with zero attached hydrogens (tertiary/aromatic N) is 4. The summed E-state index contributed by atoms with van der Waals surface area (Å²) in [5, 5.41) is 6.94. The van der Waals surface area contributed by atoms with Gasteiger partial charge in [0, 0.05) is 56.7 Å². The molecule has 5 heterocycles. The third kappa shape index (κ3) is 3.51. The molecule has 2 saturated heterocycles. The lowest BCUT2D eigenvalue weighted by molar-refractivity contribution is 0.0827. The molecule has 5 rings (SSSR count). The number of anilines is 3. The van der Waals surface area contributed by atoms with Crippen LogP contribution in [0.4, 0.5) is 17.3 Å². The monoisotopic (exact) mass is 435 g/mol. The number of nitrogens with one attached hydrogen (secondary N) is 2. The fourth-order valence-corrected chi connectivity index (χ4v) is 5.40. The highest BCUT2D eigenvalue weighted by atomic mass is 16.2. The molecular formula is C23H29N7O2. The first-order chi connectivity index (χ1) is 15.4. The van der Waals surface area contributed by atoms with Crippen molar-refractivity contribution >= 4 is 29.1 Å². The molecule has 0 aromatic carbocycles. The highest BCUT2D eigenvalue weighted by Crippen LogP contribution is 2.40. The molecule has 2 fully saturated rings. The number of rotatable bonds is 5. The van der Waals surface area contributed by atoms with Crippen molar-refractivity contribution in [3.8, 4) is 0 Å². The van der Waals surface area contributed by atoms with Crippen LogP contribution in [0.15, 0.2) is 24.5 Å². The van der Waals surface area contributed by atoms with Crippen LogP contribution in [0.25, 0.3) is 0 Å². The van der Waals surface area contributed by atoms with E-state index >= 15 is 0 Å². The molecule has 3 aliphatic heterocycles. The maximum Gasteiger partial charge on any atom is 0.254 e. The van der Waals surface area contributed by atoms with Crippen LogP contribution >= 0.6 is 0 Å². The maximum absolute atomic E-state index is 12.2. The Morgan fingerprint density at radius 2 is 1.91 bits per heavy atom. The van der Waals surface area contributed by atoms with Crippen molar-refractivity contribution in [1.29, 1.82) is 0 Å². The molecule has 0 saturated carbocycles. The van der Waals surface area contributed by atoms with Gasteiger partial charge in [0.25, 0.3) is 11.8 Å². The lowest BCUT2D eigenvalue weighted by Crippen LogP contribution is -2.47. The van der Waals surface area contributed by atoms with E-state index in [1.807, 2.05) is 12.1 Å². The Labute approximate surface area is 187 Å². The number of carbonyl (C=O) groups excluding carboxylic acids is 2. The van der Waals surface area contributed by atoms with Crippen LogP contribution in [0.2, 0.25) is 0 Å². The molecule has 2 aromatic rings. The summed E-state index contributed by atoms with van der Waals surface area (Å²) in [6.45, 7) is 0.820. The summed E-state index contributed by atoms with van der Waals surface area (Å²) in [7, 11) is 3.48. The lowest BCUT2D eigenvalue weighted by atomic mass is 9.95.